The van der Waals surface area contributed by atoms with Crippen LogP contribution in [0.15, 0.2) is 77.3 Å². The van der Waals surface area contributed by atoms with E-state index < -0.39 is 47.4 Å². The van der Waals surface area contributed by atoms with Gasteiger partial charge in [0.25, 0.3) is 0 Å². The highest BCUT2D eigenvalue weighted by Gasteiger charge is 2.36. The summed E-state index contributed by atoms with van der Waals surface area (Å²) in [4.78, 5) is 12.5. The monoisotopic (exact) mass is 667 g/mol. The Kier molecular flexibility index (Phi) is 10.7. The van der Waals surface area contributed by atoms with Gasteiger partial charge in [-0.3, -0.25) is 0 Å². The number of hydrogen-bond acceptors (Lipinski definition) is 2. The van der Waals surface area contributed by atoms with Crippen molar-refractivity contribution in [3.05, 3.63) is 111 Å². The molecule has 0 bridgehead atoms. The standard InChI is InChI=1S/C29H23BrF9NO2/c30-24-12-11-20(27(31,32)33)16-23(24)25(40-26(41)42-17-18-7-3-1-4-8-18)10-6-2-5-9-19-13-21(28(34,35)36)15-22(14-19)29(37,38)39/h1,3-5,7-9,11-16,25H,2,6,10,17H2,(H,40,41)/t25-/m1/s1. The van der Waals surface area contributed by atoms with E-state index in [1.807, 2.05) is 0 Å². The fourth-order valence-corrected chi connectivity index (χ4v) is 4.46. The Balaban J connectivity index is 1.76. The molecule has 0 unspecified atom stereocenters. The minimum absolute atomic E-state index is 0.0252. The molecule has 226 valence electrons. The van der Waals surface area contributed by atoms with Gasteiger partial charge in [-0.1, -0.05) is 58.4 Å². The first-order valence-electron chi connectivity index (χ1n) is 12.3. The third-order valence-electron chi connectivity index (χ3n) is 5.99. The van der Waals surface area contributed by atoms with E-state index in [0.29, 0.717) is 17.7 Å². The number of rotatable bonds is 9. The van der Waals surface area contributed by atoms with Gasteiger partial charge in [-0.15, -0.1) is 0 Å². The fourth-order valence-electron chi connectivity index (χ4n) is 3.93. The number of amides is 1. The molecule has 3 aromatic rings. The van der Waals surface area contributed by atoms with Crippen LogP contribution in [0.5, 0.6) is 0 Å². The van der Waals surface area contributed by atoms with Crippen LogP contribution in [0.25, 0.3) is 6.08 Å². The SMILES string of the molecule is O=C(N[C@H](CCCC=Cc1cc(C(F)(F)F)cc(C(F)(F)F)c1)c1cc(C(F)(F)F)ccc1Br)OCc1ccccc1. The quantitative estimate of drug-likeness (QED) is 0.182. The molecule has 0 spiro atoms. The maximum Gasteiger partial charge on any atom is 0.416 e. The van der Waals surface area contributed by atoms with Gasteiger partial charge in [0.15, 0.2) is 0 Å². The Morgan fingerprint density at radius 3 is 1.98 bits per heavy atom. The van der Waals surface area contributed by atoms with E-state index in [0.717, 1.165) is 18.2 Å². The third kappa shape index (κ3) is 9.81. The molecule has 13 heteroatoms. The largest absolute Gasteiger partial charge is 0.445 e. The van der Waals surface area contributed by atoms with Crippen molar-refractivity contribution in [2.24, 2.45) is 0 Å². The average molecular weight is 668 g/mol. The summed E-state index contributed by atoms with van der Waals surface area (Å²) in [5.74, 6) is 0. The molecule has 1 amide bonds. The topological polar surface area (TPSA) is 38.3 Å². The molecule has 0 fully saturated rings. The lowest BCUT2D eigenvalue weighted by molar-refractivity contribution is -0.143. The normalized spacial score (nSPS) is 13.3. The maximum absolute atomic E-state index is 13.4. The Bertz CT molecular complexity index is 1350. The van der Waals surface area contributed by atoms with Crippen LogP contribution in [0.1, 0.15) is 58.7 Å². The highest BCUT2D eigenvalue weighted by atomic mass is 79.9. The summed E-state index contributed by atoms with van der Waals surface area (Å²) in [7, 11) is 0. The van der Waals surface area contributed by atoms with E-state index in [-0.39, 0.29) is 47.5 Å². The second-order valence-electron chi connectivity index (χ2n) is 9.17. The molecule has 0 heterocycles. The average Bonchev–Trinajstić information content (AvgIpc) is 2.90. The van der Waals surface area contributed by atoms with Gasteiger partial charge in [0.2, 0.25) is 0 Å². The Morgan fingerprint density at radius 1 is 0.810 bits per heavy atom. The van der Waals surface area contributed by atoms with Crippen LogP contribution in [0.4, 0.5) is 44.3 Å². The lowest BCUT2D eigenvalue weighted by Gasteiger charge is -2.21. The van der Waals surface area contributed by atoms with Crippen LogP contribution in [0.2, 0.25) is 0 Å². The predicted molar refractivity (Wildman–Crippen MR) is 141 cm³/mol. The van der Waals surface area contributed by atoms with E-state index in [2.05, 4.69) is 21.2 Å². The first-order valence-corrected chi connectivity index (χ1v) is 13.1. The zero-order chi connectivity index (χ0) is 31.1. The molecule has 0 radical (unpaired) electrons. The highest BCUT2D eigenvalue weighted by Crippen LogP contribution is 2.37. The second-order valence-corrected chi connectivity index (χ2v) is 10.0. The number of carbonyl (C=O) groups excluding carboxylic acids is 1. The predicted octanol–water partition coefficient (Wildman–Crippen LogP) is 10.4. The van der Waals surface area contributed by atoms with E-state index in [1.165, 1.54) is 12.1 Å². The highest BCUT2D eigenvalue weighted by molar-refractivity contribution is 9.10. The molecule has 3 nitrogen and oxygen atoms in total. The molecular weight excluding hydrogens is 645 g/mol. The molecule has 1 atom stereocenters. The molecule has 3 rings (SSSR count). The molecule has 0 aliphatic heterocycles. The number of carbonyl (C=O) groups is 1. The van der Waals surface area contributed by atoms with Crippen LogP contribution in [0.3, 0.4) is 0 Å². The van der Waals surface area contributed by atoms with Gasteiger partial charge in [-0.25, -0.2) is 4.79 Å². The van der Waals surface area contributed by atoms with Crippen molar-refractivity contribution >= 4 is 28.1 Å². The molecule has 0 saturated carbocycles. The van der Waals surface area contributed by atoms with Gasteiger partial charge in [-0.05, 0) is 72.4 Å². The van der Waals surface area contributed by atoms with Crippen molar-refractivity contribution in [2.45, 2.75) is 50.4 Å². The van der Waals surface area contributed by atoms with Gasteiger partial charge < -0.3 is 10.1 Å². The number of halogens is 10. The summed E-state index contributed by atoms with van der Waals surface area (Å²) in [6, 6.07) is 11.8. The molecule has 0 aliphatic carbocycles. The van der Waals surface area contributed by atoms with E-state index in [9.17, 15) is 44.3 Å². The third-order valence-corrected chi connectivity index (χ3v) is 6.71. The lowest BCUT2D eigenvalue weighted by atomic mass is 9.98. The van der Waals surface area contributed by atoms with Gasteiger partial charge in [0.1, 0.15) is 6.61 Å². The van der Waals surface area contributed by atoms with Gasteiger partial charge in [0.05, 0.1) is 22.7 Å². The molecule has 42 heavy (non-hydrogen) atoms. The zero-order valence-corrected chi connectivity index (χ0v) is 23.1. The number of hydrogen-bond donors (Lipinski definition) is 1. The number of benzene rings is 3. The number of ether oxygens (including phenoxy) is 1. The number of unbranched alkanes of at least 4 members (excludes halogenated alkanes) is 1. The van der Waals surface area contributed by atoms with Gasteiger partial charge >= 0.3 is 24.6 Å². The number of allylic oxidation sites excluding steroid dienone is 1. The molecule has 0 saturated heterocycles. The molecule has 1 N–H and O–H groups in total. The Morgan fingerprint density at radius 2 is 1.40 bits per heavy atom. The smallest absolute Gasteiger partial charge is 0.416 e. The van der Waals surface area contributed by atoms with Crippen molar-refractivity contribution in [3.63, 3.8) is 0 Å². The number of nitrogens with one attached hydrogen (secondary N) is 1. The van der Waals surface area contributed by atoms with Crippen molar-refractivity contribution < 1.29 is 49.0 Å². The molecule has 0 aromatic heterocycles. The summed E-state index contributed by atoms with van der Waals surface area (Å²) < 4.78 is 124. The second kappa shape index (κ2) is 13.7. The minimum Gasteiger partial charge on any atom is -0.445 e. The molecule has 3 aromatic carbocycles. The molecular formula is C29H23BrF9NO2. The maximum atomic E-state index is 13.4. The number of alkyl halides is 9. The first kappa shape index (κ1) is 33.0. The van der Waals surface area contributed by atoms with Crippen molar-refractivity contribution in [1.82, 2.24) is 5.32 Å². The van der Waals surface area contributed by atoms with Crippen LogP contribution in [0, 0.1) is 0 Å². The minimum atomic E-state index is -4.99. The Hall–Kier alpha value is -3.48. The summed E-state index contributed by atoms with van der Waals surface area (Å²) in [6.45, 7) is -0.0944. The van der Waals surface area contributed by atoms with E-state index in [1.54, 1.807) is 30.3 Å². The Labute approximate surface area is 243 Å². The van der Waals surface area contributed by atoms with E-state index in [4.69, 9.17) is 4.74 Å². The molecule has 0 aliphatic rings. The van der Waals surface area contributed by atoms with Crippen LogP contribution >= 0.6 is 15.9 Å². The van der Waals surface area contributed by atoms with Crippen LogP contribution < -0.4 is 5.32 Å². The van der Waals surface area contributed by atoms with Crippen molar-refractivity contribution in [1.29, 1.82) is 0 Å². The van der Waals surface area contributed by atoms with Crippen molar-refractivity contribution in [2.75, 3.05) is 0 Å². The van der Waals surface area contributed by atoms with E-state index >= 15 is 0 Å². The van der Waals surface area contributed by atoms with Crippen LogP contribution in [-0.4, -0.2) is 6.09 Å². The van der Waals surface area contributed by atoms with Gasteiger partial charge in [-0.2, -0.15) is 39.5 Å². The van der Waals surface area contributed by atoms with Crippen LogP contribution in [-0.2, 0) is 29.9 Å². The number of alkyl carbamates (subject to hydrolysis) is 1. The summed E-state index contributed by atoms with van der Waals surface area (Å²) in [5, 5.41) is 2.55. The fraction of sp³-hybridized carbons (Fsp3) is 0.276. The summed E-state index contributed by atoms with van der Waals surface area (Å²) in [5.41, 5.74) is -3.39. The lowest BCUT2D eigenvalue weighted by Crippen LogP contribution is -2.29. The zero-order valence-electron chi connectivity index (χ0n) is 21.5. The first-order chi connectivity index (χ1) is 19.5. The van der Waals surface area contributed by atoms with Gasteiger partial charge in [0, 0.05) is 4.47 Å². The summed E-state index contributed by atoms with van der Waals surface area (Å²) in [6.07, 6.45) is -12.7. The van der Waals surface area contributed by atoms with Crippen molar-refractivity contribution in [3.8, 4) is 0 Å². The summed E-state index contributed by atoms with van der Waals surface area (Å²) >= 11 is 3.20.